The van der Waals surface area contributed by atoms with Crippen molar-refractivity contribution in [3.05, 3.63) is 36.5 Å². The number of nitrogens with zero attached hydrogens (tertiary/aromatic N) is 6. The van der Waals surface area contributed by atoms with Crippen molar-refractivity contribution >= 4 is 11.7 Å². The Morgan fingerprint density at radius 1 is 1.40 bits per heavy atom. The van der Waals surface area contributed by atoms with Gasteiger partial charge in [0.2, 0.25) is 5.91 Å². The lowest BCUT2D eigenvalue weighted by molar-refractivity contribution is -0.133. The van der Waals surface area contributed by atoms with Crippen molar-refractivity contribution in [3.63, 3.8) is 0 Å². The molecule has 1 aliphatic heterocycles. The minimum atomic E-state index is -0.927. The molecular weight excluding hydrogens is 320 g/mol. The number of aryl methyl sites for hydroxylation is 2. The summed E-state index contributed by atoms with van der Waals surface area (Å²) in [4.78, 5) is 24.3. The van der Waals surface area contributed by atoms with Crippen LogP contribution < -0.4 is 4.90 Å². The summed E-state index contributed by atoms with van der Waals surface area (Å²) in [5.41, 5.74) is 0.105. The van der Waals surface area contributed by atoms with E-state index in [2.05, 4.69) is 15.1 Å². The van der Waals surface area contributed by atoms with E-state index in [1.54, 1.807) is 36.7 Å². The Morgan fingerprint density at radius 3 is 2.92 bits per heavy atom. The summed E-state index contributed by atoms with van der Waals surface area (Å²) in [6.45, 7) is 3.96. The molecule has 1 aliphatic rings. The van der Waals surface area contributed by atoms with Gasteiger partial charge in [-0.3, -0.25) is 14.5 Å². The van der Waals surface area contributed by atoms with Gasteiger partial charge >= 0.3 is 0 Å². The van der Waals surface area contributed by atoms with Crippen molar-refractivity contribution in [2.24, 2.45) is 0 Å². The molecule has 2 aromatic heterocycles. The number of anilines is 1. The highest BCUT2D eigenvalue weighted by atomic mass is 16.3. The fourth-order valence-corrected chi connectivity index (χ4v) is 3.19. The van der Waals surface area contributed by atoms with Crippen LogP contribution in [-0.2, 0) is 11.3 Å². The quantitative estimate of drug-likeness (QED) is 0.820. The van der Waals surface area contributed by atoms with Crippen LogP contribution in [0.3, 0.4) is 0 Å². The number of likely N-dealkylation sites (N-methyl/N-ethyl adjacent to an activating group) is 1. The number of amides is 1. The molecule has 1 unspecified atom stereocenters. The maximum atomic E-state index is 12.4. The molecule has 1 fully saturated rings. The first-order chi connectivity index (χ1) is 12.0. The summed E-state index contributed by atoms with van der Waals surface area (Å²) in [7, 11) is 1.74. The van der Waals surface area contributed by atoms with E-state index in [0.717, 1.165) is 11.5 Å². The number of hydrogen-bond acceptors (Lipinski definition) is 6. The molecule has 134 valence electrons. The third-order valence-corrected chi connectivity index (χ3v) is 4.63. The second kappa shape index (κ2) is 7.18. The summed E-state index contributed by atoms with van der Waals surface area (Å²) in [6.07, 6.45) is 7.64. The number of β-amino-alcohol motifs (C(OH)–C–C–N with tert-alkyl or cyclic N) is 1. The van der Waals surface area contributed by atoms with Gasteiger partial charge in [-0.15, -0.1) is 0 Å². The van der Waals surface area contributed by atoms with Crippen LogP contribution in [0.1, 0.15) is 18.5 Å². The first kappa shape index (κ1) is 17.3. The predicted molar refractivity (Wildman–Crippen MR) is 93.0 cm³/mol. The average molecular weight is 344 g/mol. The van der Waals surface area contributed by atoms with Gasteiger partial charge < -0.3 is 14.9 Å². The fourth-order valence-electron chi connectivity index (χ4n) is 3.19. The second-order valence-electron chi connectivity index (χ2n) is 6.66. The molecule has 0 spiro atoms. The van der Waals surface area contributed by atoms with E-state index in [1.807, 2.05) is 22.6 Å². The molecule has 1 atom stereocenters. The van der Waals surface area contributed by atoms with Crippen molar-refractivity contribution < 1.29 is 9.90 Å². The van der Waals surface area contributed by atoms with E-state index in [0.29, 0.717) is 39.0 Å². The Bertz CT molecular complexity index is 719. The summed E-state index contributed by atoms with van der Waals surface area (Å²) >= 11 is 0. The van der Waals surface area contributed by atoms with Crippen LogP contribution in [-0.4, -0.2) is 67.9 Å². The standard InChI is InChI=1S/C17H24N6O2/c1-14-3-6-20-23(14)9-4-16(24)21(2)12-17(25)5-10-22(13-17)15-11-18-7-8-19-15/h3,6-8,11,25H,4-5,9-10,12-13H2,1-2H3. The molecule has 0 bridgehead atoms. The van der Waals surface area contributed by atoms with Crippen molar-refractivity contribution in [2.75, 3.05) is 31.6 Å². The third-order valence-electron chi connectivity index (χ3n) is 4.63. The number of aliphatic hydroxyl groups is 1. The molecule has 8 heteroatoms. The van der Waals surface area contributed by atoms with Gasteiger partial charge in [0, 0.05) is 57.4 Å². The fraction of sp³-hybridized carbons (Fsp3) is 0.529. The van der Waals surface area contributed by atoms with Gasteiger partial charge in [0.05, 0.1) is 12.7 Å². The smallest absolute Gasteiger partial charge is 0.224 e. The number of carbonyl (C=O) groups excluding carboxylic acids is 1. The van der Waals surface area contributed by atoms with Gasteiger partial charge in [-0.25, -0.2) is 4.98 Å². The molecule has 25 heavy (non-hydrogen) atoms. The molecule has 0 radical (unpaired) electrons. The molecule has 2 aromatic rings. The maximum absolute atomic E-state index is 12.4. The predicted octanol–water partition coefficient (Wildman–Crippen LogP) is 0.471. The maximum Gasteiger partial charge on any atom is 0.224 e. The Kier molecular flexibility index (Phi) is 4.98. The van der Waals surface area contributed by atoms with E-state index in [9.17, 15) is 9.90 Å². The van der Waals surface area contributed by atoms with Crippen LogP contribution in [0.25, 0.3) is 0 Å². The summed E-state index contributed by atoms with van der Waals surface area (Å²) in [5, 5.41) is 15.0. The largest absolute Gasteiger partial charge is 0.386 e. The van der Waals surface area contributed by atoms with Gasteiger partial charge in [-0.05, 0) is 19.4 Å². The Labute approximate surface area is 147 Å². The van der Waals surface area contributed by atoms with E-state index in [-0.39, 0.29) is 5.91 Å². The Morgan fingerprint density at radius 2 is 2.24 bits per heavy atom. The molecule has 3 rings (SSSR count). The monoisotopic (exact) mass is 344 g/mol. The number of carbonyl (C=O) groups is 1. The lowest BCUT2D eigenvalue weighted by Crippen LogP contribution is -2.46. The summed E-state index contributed by atoms with van der Waals surface area (Å²) in [6, 6.07) is 1.91. The van der Waals surface area contributed by atoms with Gasteiger partial charge in [-0.2, -0.15) is 5.10 Å². The number of rotatable bonds is 6. The molecule has 8 nitrogen and oxygen atoms in total. The van der Waals surface area contributed by atoms with E-state index in [1.165, 1.54) is 0 Å². The average Bonchev–Trinajstić information content (AvgIpc) is 3.19. The van der Waals surface area contributed by atoms with Crippen LogP contribution in [0, 0.1) is 6.92 Å². The first-order valence-electron chi connectivity index (χ1n) is 8.43. The molecule has 3 heterocycles. The van der Waals surface area contributed by atoms with Gasteiger partial charge in [0.15, 0.2) is 0 Å². The highest BCUT2D eigenvalue weighted by Gasteiger charge is 2.38. The van der Waals surface area contributed by atoms with Crippen LogP contribution in [0.5, 0.6) is 0 Å². The van der Waals surface area contributed by atoms with Crippen molar-refractivity contribution in [2.45, 2.75) is 31.9 Å². The van der Waals surface area contributed by atoms with E-state index < -0.39 is 5.60 Å². The van der Waals surface area contributed by atoms with Crippen LogP contribution in [0.2, 0.25) is 0 Å². The lowest BCUT2D eigenvalue weighted by Gasteiger charge is -2.29. The van der Waals surface area contributed by atoms with Crippen LogP contribution >= 0.6 is 0 Å². The Balaban J connectivity index is 1.52. The zero-order valence-corrected chi connectivity index (χ0v) is 14.7. The van der Waals surface area contributed by atoms with E-state index in [4.69, 9.17) is 0 Å². The molecule has 1 saturated heterocycles. The zero-order valence-electron chi connectivity index (χ0n) is 14.7. The van der Waals surface area contributed by atoms with Gasteiger partial charge in [0.25, 0.3) is 0 Å². The molecule has 0 aromatic carbocycles. The minimum Gasteiger partial charge on any atom is -0.386 e. The molecule has 1 N–H and O–H groups in total. The number of aromatic nitrogens is 4. The van der Waals surface area contributed by atoms with Gasteiger partial charge in [0.1, 0.15) is 11.4 Å². The lowest BCUT2D eigenvalue weighted by atomic mass is 10.0. The van der Waals surface area contributed by atoms with Crippen molar-refractivity contribution in [1.82, 2.24) is 24.6 Å². The minimum absolute atomic E-state index is 0.00118. The van der Waals surface area contributed by atoms with Crippen LogP contribution in [0.15, 0.2) is 30.9 Å². The highest BCUT2D eigenvalue weighted by Crippen LogP contribution is 2.25. The molecule has 1 amide bonds. The third kappa shape index (κ3) is 4.14. The second-order valence-corrected chi connectivity index (χ2v) is 6.66. The normalized spacial score (nSPS) is 20.0. The Hall–Kier alpha value is -2.48. The molecule has 0 aliphatic carbocycles. The van der Waals surface area contributed by atoms with Gasteiger partial charge in [-0.1, -0.05) is 0 Å². The highest BCUT2D eigenvalue weighted by molar-refractivity contribution is 5.75. The van der Waals surface area contributed by atoms with Crippen LogP contribution in [0.4, 0.5) is 5.82 Å². The summed E-state index contributed by atoms with van der Waals surface area (Å²) in [5.74, 6) is 0.753. The van der Waals surface area contributed by atoms with Crippen molar-refractivity contribution in [1.29, 1.82) is 0 Å². The van der Waals surface area contributed by atoms with E-state index >= 15 is 0 Å². The summed E-state index contributed by atoms with van der Waals surface area (Å²) < 4.78 is 1.81. The SMILES string of the molecule is Cc1ccnn1CCC(=O)N(C)CC1(O)CCN(c2cnccn2)C1. The molecular formula is C17H24N6O2. The van der Waals surface area contributed by atoms with Crippen molar-refractivity contribution in [3.8, 4) is 0 Å². The molecule has 0 saturated carbocycles. The number of hydrogen-bond donors (Lipinski definition) is 1. The topological polar surface area (TPSA) is 87.4 Å². The first-order valence-corrected chi connectivity index (χ1v) is 8.43. The zero-order chi connectivity index (χ0) is 17.9.